The number of rotatable bonds is 4. The molecule has 0 saturated heterocycles. The first kappa shape index (κ1) is 12.2. The van der Waals surface area contributed by atoms with Crippen molar-refractivity contribution in [1.29, 1.82) is 0 Å². The number of hydrazone groups is 1. The first-order chi connectivity index (χ1) is 7.59. The predicted octanol–water partition coefficient (Wildman–Crippen LogP) is 1.91. The van der Waals surface area contributed by atoms with Gasteiger partial charge in [-0.05, 0) is 24.8 Å². The molecule has 0 aliphatic carbocycles. The summed E-state index contributed by atoms with van der Waals surface area (Å²) in [5, 5.41) is 3.91. The summed E-state index contributed by atoms with van der Waals surface area (Å²) in [5.74, 6) is 0.272. The Morgan fingerprint density at radius 2 is 2.06 bits per heavy atom. The van der Waals surface area contributed by atoms with Gasteiger partial charge < -0.3 is 5.73 Å². The topological polar surface area (TPSA) is 67.5 Å². The molecule has 0 aliphatic rings. The highest BCUT2D eigenvalue weighted by molar-refractivity contribution is 5.85. The minimum atomic E-state index is -0.633. The summed E-state index contributed by atoms with van der Waals surface area (Å²) in [7, 11) is 0. The largest absolute Gasteiger partial charge is 0.350 e. The quantitative estimate of drug-likeness (QED) is 0.589. The number of carbonyl (C=O) groups is 1. The van der Waals surface area contributed by atoms with Crippen molar-refractivity contribution >= 4 is 11.7 Å². The number of benzene rings is 1. The number of urea groups is 1. The number of carbonyl (C=O) groups excluding carboxylic acids is 1. The van der Waals surface area contributed by atoms with Crippen molar-refractivity contribution in [2.75, 3.05) is 0 Å². The highest BCUT2D eigenvalue weighted by Gasteiger charge is 2.07. The van der Waals surface area contributed by atoms with Crippen LogP contribution >= 0.6 is 0 Å². The van der Waals surface area contributed by atoms with E-state index in [9.17, 15) is 4.79 Å². The normalized spacial score (nSPS) is 13.2. The van der Waals surface area contributed by atoms with E-state index in [2.05, 4.69) is 29.6 Å². The number of nitrogens with zero attached hydrogens (tertiary/aromatic N) is 1. The van der Waals surface area contributed by atoms with Gasteiger partial charge in [0.15, 0.2) is 0 Å². The van der Waals surface area contributed by atoms with Crippen LogP contribution < -0.4 is 11.2 Å². The molecular formula is C12H17N3O. The molecule has 0 fully saturated rings. The van der Waals surface area contributed by atoms with Crippen LogP contribution in [0.4, 0.5) is 4.79 Å². The number of primary amides is 1. The second-order valence-electron chi connectivity index (χ2n) is 3.82. The lowest BCUT2D eigenvalue weighted by molar-refractivity contribution is 0.249. The molecule has 16 heavy (non-hydrogen) atoms. The van der Waals surface area contributed by atoms with Crippen LogP contribution in [0.25, 0.3) is 0 Å². The summed E-state index contributed by atoms with van der Waals surface area (Å²) in [4.78, 5) is 10.5. The fourth-order valence-electron chi connectivity index (χ4n) is 1.37. The molecule has 1 aromatic carbocycles. The second-order valence-corrected chi connectivity index (χ2v) is 3.82. The number of nitrogens with one attached hydrogen (secondary N) is 1. The Morgan fingerprint density at radius 1 is 1.44 bits per heavy atom. The van der Waals surface area contributed by atoms with Crippen molar-refractivity contribution in [3.05, 3.63) is 35.9 Å². The molecule has 86 valence electrons. The molecule has 1 aromatic rings. The van der Waals surface area contributed by atoms with Crippen molar-refractivity contribution in [3.8, 4) is 0 Å². The Balaban J connectivity index is 2.55. The molecule has 4 heteroatoms. The number of hydrogen-bond acceptors (Lipinski definition) is 2. The van der Waals surface area contributed by atoms with Crippen molar-refractivity contribution in [2.45, 2.75) is 20.3 Å². The molecule has 0 bridgehead atoms. The van der Waals surface area contributed by atoms with Crippen LogP contribution in [0.15, 0.2) is 35.4 Å². The predicted molar refractivity (Wildman–Crippen MR) is 65.1 cm³/mol. The average molecular weight is 219 g/mol. The highest BCUT2D eigenvalue weighted by Crippen LogP contribution is 2.09. The minimum Gasteiger partial charge on any atom is -0.350 e. The Bertz CT molecular complexity index is 373. The van der Waals surface area contributed by atoms with Crippen molar-refractivity contribution in [3.63, 3.8) is 0 Å². The summed E-state index contributed by atoms with van der Waals surface area (Å²) >= 11 is 0. The van der Waals surface area contributed by atoms with E-state index in [4.69, 9.17) is 5.73 Å². The van der Waals surface area contributed by atoms with E-state index >= 15 is 0 Å². The Morgan fingerprint density at radius 3 is 2.62 bits per heavy atom. The second kappa shape index (κ2) is 5.90. The van der Waals surface area contributed by atoms with Gasteiger partial charge in [0.2, 0.25) is 0 Å². The third kappa shape index (κ3) is 4.13. The molecule has 0 radical (unpaired) electrons. The Hall–Kier alpha value is -1.84. The van der Waals surface area contributed by atoms with Gasteiger partial charge in [-0.25, -0.2) is 10.2 Å². The molecule has 3 N–H and O–H groups in total. The van der Waals surface area contributed by atoms with Gasteiger partial charge in [-0.2, -0.15) is 5.10 Å². The van der Waals surface area contributed by atoms with Crippen LogP contribution in [-0.4, -0.2) is 11.7 Å². The van der Waals surface area contributed by atoms with Gasteiger partial charge in [-0.3, -0.25) is 0 Å². The van der Waals surface area contributed by atoms with Crippen LogP contribution in [0.2, 0.25) is 0 Å². The zero-order chi connectivity index (χ0) is 12.0. The van der Waals surface area contributed by atoms with Crippen LogP contribution in [-0.2, 0) is 6.42 Å². The summed E-state index contributed by atoms with van der Waals surface area (Å²) in [6.07, 6.45) is 0.899. The van der Waals surface area contributed by atoms with Gasteiger partial charge in [0, 0.05) is 5.71 Å². The van der Waals surface area contributed by atoms with Crippen LogP contribution in [0.5, 0.6) is 0 Å². The Kier molecular flexibility index (Phi) is 4.51. The zero-order valence-electron chi connectivity index (χ0n) is 9.60. The number of hydrogen-bond donors (Lipinski definition) is 2. The van der Waals surface area contributed by atoms with Gasteiger partial charge >= 0.3 is 6.03 Å². The highest BCUT2D eigenvalue weighted by atomic mass is 16.2. The third-order valence-corrected chi connectivity index (χ3v) is 2.44. The van der Waals surface area contributed by atoms with E-state index in [0.717, 1.165) is 12.1 Å². The smallest absolute Gasteiger partial charge is 0.332 e. The molecule has 0 aromatic heterocycles. The first-order valence-electron chi connectivity index (χ1n) is 5.23. The minimum absolute atomic E-state index is 0.272. The molecule has 1 unspecified atom stereocenters. The molecule has 1 rings (SSSR count). The van der Waals surface area contributed by atoms with E-state index in [-0.39, 0.29) is 5.92 Å². The molecule has 0 heterocycles. The van der Waals surface area contributed by atoms with Gasteiger partial charge in [0.1, 0.15) is 0 Å². The monoisotopic (exact) mass is 219 g/mol. The summed E-state index contributed by atoms with van der Waals surface area (Å²) < 4.78 is 0. The van der Waals surface area contributed by atoms with E-state index < -0.39 is 6.03 Å². The molecular weight excluding hydrogens is 202 g/mol. The fourth-order valence-corrected chi connectivity index (χ4v) is 1.37. The lowest BCUT2D eigenvalue weighted by Gasteiger charge is -2.10. The summed E-state index contributed by atoms with van der Waals surface area (Å²) in [6.45, 7) is 3.94. The van der Waals surface area contributed by atoms with Gasteiger partial charge in [0.05, 0.1) is 0 Å². The van der Waals surface area contributed by atoms with Crippen LogP contribution in [0, 0.1) is 5.92 Å². The maximum Gasteiger partial charge on any atom is 0.332 e. The van der Waals surface area contributed by atoms with Crippen LogP contribution in [0.1, 0.15) is 19.4 Å². The van der Waals surface area contributed by atoms with Gasteiger partial charge in [-0.15, -0.1) is 0 Å². The zero-order valence-corrected chi connectivity index (χ0v) is 9.60. The van der Waals surface area contributed by atoms with E-state index in [1.165, 1.54) is 5.56 Å². The van der Waals surface area contributed by atoms with E-state index in [1.807, 2.05) is 25.1 Å². The molecule has 0 spiro atoms. The molecule has 4 nitrogen and oxygen atoms in total. The average Bonchev–Trinajstić information content (AvgIpc) is 2.27. The first-order valence-corrected chi connectivity index (χ1v) is 5.23. The number of nitrogens with two attached hydrogens (primary N) is 1. The van der Waals surface area contributed by atoms with Gasteiger partial charge in [-0.1, -0.05) is 37.3 Å². The van der Waals surface area contributed by atoms with E-state index in [0.29, 0.717) is 0 Å². The molecule has 2 amide bonds. The van der Waals surface area contributed by atoms with Crippen LogP contribution in [0.3, 0.4) is 0 Å². The maximum absolute atomic E-state index is 10.5. The lowest BCUT2D eigenvalue weighted by atomic mass is 9.97. The van der Waals surface area contributed by atoms with Crippen molar-refractivity contribution in [1.82, 2.24) is 5.43 Å². The third-order valence-electron chi connectivity index (χ3n) is 2.44. The standard InChI is InChI=1S/C12H17N3O/c1-9(10(2)14-15-12(13)16)8-11-6-4-3-5-7-11/h3-7,9H,8H2,1-2H3,(H3,13,15,16)/b14-10-. The molecule has 1 atom stereocenters. The maximum atomic E-state index is 10.5. The van der Waals surface area contributed by atoms with Crippen molar-refractivity contribution in [2.24, 2.45) is 16.8 Å². The van der Waals surface area contributed by atoms with Gasteiger partial charge in [0.25, 0.3) is 0 Å². The fraction of sp³-hybridized carbons (Fsp3) is 0.333. The molecule has 0 saturated carbocycles. The molecule has 0 aliphatic heterocycles. The number of amides is 2. The summed E-state index contributed by atoms with van der Waals surface area (Å²) in [5.41, 5.74) is 9.29. The van der Waals surface area contributed by atoms with Crippen molar-refractivity contribution < 1.29 is 4.79 Å². The Labute approximate surface area is 95.5 Å². The van der Waals surface area contributed by atoms with E-state index in [1.54, 1.807) is 0 Å². The lowest BCUT2D eigenvalue weighted by Crippen LogP contribution is -2.26. The summed E-state index contributed by atoms with van der Waals surface area (Å²) in [6, 6.07) is 9.53. The SMILES string of the molecule is C/C(=N/NC(N)=O)C(C)Cc1ccccc1.